The molecule has 0 saturated carbocycles. The minimum Gasteiger partial charge on any atom is -0.352 e. The molecule has 0 rings (SSSR count). The fraction of sp³-hybridized carbons (Fsp3) is 0.750. The molecule has 0 radical (unpaired) electrons. The van der Waals surface area contributed by atoms with Gasteiger partial charge < -0.3 is 16.4 Å². The normalized spacial score (nSPS) is 13.7. The molecule has 8 heteroatoms. The van der Waals surface area contributed by atoms with Crippen LogP contribution < -0.4 is 19.9 Å². The summed E-state index contributed by atoms with van der Waals surface area (Å²) < 4.78 is 2.90. The van der Waals surface area contributed by atoms with Gasteiger partial charge in [-0.15, -0.1) is 0 Å². The Labute approximate surface area is 133 Å². The summed E-state index contributed by atoms with van der Waals surface area (Å²) in [4.78, 5) is 34.1. The molecule has 0 aromatic heterocycles. The van der Waals surface area contributed by atoms with E-state index < -0.39 is 12.1 Å². The number of hydrogen-bond acceptors (Lipinski definition) is 4. The molecule has 2 atom stereocenters. The van der Waals surface area contributed by atoms with Crippen molar-refractivity contribution < 1.29 is 14.4 Å². The first-order chi connectivity index (χ1) is 9.29. The number of rotatable bonds is 9. The second-order valence-electron chi connectivity index (χ2n) is 4.94. The highest BCUT2D eigenvalue weighted by Crippen LogP contribution is 2.06. The summed E-state index contributed by atoms with van der Waals surface area (Å²) in [5, 5.41) is 5.18. The summed E-state index contributed by atoms with van der Waals surface area (Å²) >= 11 is 1.93. The molecule has 0 aliphatic heterocycles. The van der Waals surface area contributed by atoms with E-state index in [1.54, 1.807) is 0 Å². The van der Waals surface area contributed by atoms with Crippen LogP contribution in [0.5, 0.6) is 0 Å². The fourth-order valence-electron chi connectivity index (χ4n) is 1.63. The van der Waals surface area contributed by atoms with E-state index in [4.69, 9.17) is 5.73 Å². The van der Waals surface area contributed by atoms with E-state index in [0.717, 1.165) is 0 Å². The lowest BCUT2D eigenvalue weighted by molar-refractivity contribution is -0.128. The number of Topliss-reactive ketones (excluding diaryl/α,β-unsaturated/α-hetero) is 1. The maximum Gasteiger partial charge on any atom is 0.312 e. The molecule has 3 amide bonds. The molecule has 7 nitrogen and oxygen atoms in total. The van der Waals surface area contributed by atoms with Crippen molar-refractivity contribution in [1.82, 2.24) is 14.2 Å². The average molecular weight is 398 g/mol. The lowest BCUT2D eigenvalue weighted by Crippen LogP contribution is -2.49. The molecule has 0 spiro atoms. The molecule has 5 N–H and O–H groups in total. The van der Waals surface area contributed by atoms with Crippen molar-refractivity contribution in [2.24, 2.45) is 11.7 Å². The third-order valence-corrected chi connectivity index (χ3v) is 3.51. The number of nitrogens with two attached hydrogens (primary N) is 1. The molecule has 0 heterocycles. The maximum atomic E-state index is 12.1. The van der Waals surface area contributed by atoms with E-state index in [9.17, 15) is 14.4 Å². The number of halogens is 1. The van der Waals surface area contributed by atoms with Gasteiger partial charge in [-0.2, -0.15) is 0 Å². The van der Waals surface area contributed by atoms with Crippen LogP contribution in [0.25, 0.3) is 0 Å². The molecule has 0 unspecified atom stereocenters. The van der Waals surface area contributed by atoms with Gasteiger partial charge in [-0.25, -0.2) is 8.32 Å². The zero-order valence-corrected chi connectivity index (χ0v) is 14.2. The zero-order chi connectivity index (χ0) is 15.7. The largest absolute Gasteiger partial charge is 0.352 e. The van der Waals surface area contributed by atoms with Crippen LogP contribution in [0, 0.1) is 5.92 Å². The Morgan fingerprint density at radius 3 is 2.25 bits per heavy atom. The molecule has 0 aromatic rings. The Hall–Kier alpha value is -0.900. The van der Waals surface area contributed by atoms with Crippen LogP contribution in [0.4, 0.5) is 4.79 Å². The quantitative estimate of drug-likeness (QED) is 0.257. The van der Waals surface area contributed by atoms with Gasteiger partial charge in [-0.1, -0.05) is 13.8 Å². The summed E-state index contributed by atoms with van der Waals surface area (Å²) in [5.41, 5.74) is 4.95. The van der Waals surface area contributed by atoms with E-state index in [-0.39, 0.29) is 23.7 Å². The van der Waals surface area contributed by atoms with Crippen LogP contribution in [-0.4, -0.2) is 36.3 Å². The lowest BCUT2D eigenvalue weighted by atomic mass is 10.0. The van der Waals surface area contributed by atoms with Gasteiger partial charge in [0.05, 0.1) is 12.1 Å². The predicted octanol–water partition coefficient (Wildman–Crippen LogP) is 0.473. The van der Waals surface area contributed by atoms with Gasteiger partial charge in [0.2, 0.25) is 5.91 Å². The SMILES string of the molecule is CC(=O)[C@H](CCCNC(N)=O)NC(=O)[C@@H](NI)C(C)C. The van der Waals surface area contributed by atoms with E-state index in [0.29, 0.717) is 19.4 Å². The summed E-state index contributed by atoms with van der Waals surface area (Å²) in [5.74, 6) is -0.179. The maximum absolute atomic E-state index is 12.1. The monoisotopic (exact) mass is 398 g/mol. The number of amides is 3. The highest BCUT2D eigenvalue weighted by molar-refractivity contribution is 14.1. The van der Waals surface area contributed by atoms with Gasteiger partial charge in [0.15, 0.2) is 5.78 Å². The summed E-state index contributed by atoms with van der Waals surface area (Å²) in [6.45, 7) is 5.67. The highest BCUT2D eigenvalue weighted by atomic mass is 127. The van der Waals surface area contributed by atoms with Crippen LogP contribution in [0.2, 0.25) is 0 Å². The Balaban J connectivity index is 4.36. The number of hydrogen-bond donors (Lipinski definition) is 4. The predicted molar refractivity (Wildman–Crippen MR) is 85.2 cm³/mol. The Morgan fingerprint density at radius 2 is 1.85 bits per heavy atom. The van der Waals surface area contributed by atoms with Crippen LogP contribution >= 0.6 is 22.9 Å². The molecule has 0 aromatic carbocycles. The van der Waals surface area contributed by atoms with Crippen molar-refractivity contribution >= 4 is 40.6 Å². The number of urea groups is 1. The average Bonchev–Trinajstić information content (AvgIpc) is 2.32. The van der Waals surface area contributed by atoms with Crippen molar-refractivity contribution in [3.05, 3.63) is 0 Å². The van der Waals surface area contributed by atoms with Crippen LogP contribution in [0.15, 0.2) is 0 Å². The molecule has 0 fully saturated rings. The molecule has 116 valence electrons. The molecular weight excluding hydrogens is 375 g/mol. The van der Waals surface area contributed by atoms with Gasteiger partial charge >= 0.3 is 6.03 Å². The fourth-order valence-corrected chi connectivity index (χ4v) is 2.64. The molecule has 0 aliphatic rings. The van der Waals surface area contributed by atoms with Gasteiger partial charge in [0.25, 0.3) is 0 Å². The van der Waals surface area contributed by atoms with E-state index in [2.05, 4.69) is 14.2 Å². The standard InChI is InChI=1S/C12H23IN4O3/c1-7(2)10(17-13)11(19)16-9(8(3)18)5-4-6-15-12(14)20/h7,9-10,17H,4-6H2,1-3H3,(H,16,19)(H3,14,15,20)/t9-,10-/m0/s1. The first-order valence-electron chi connectivity index (χ1n) is 6.49. The van der Waals surface area contributed by atoms with Gasteiger partial charge in [-0.3, -0.25) is 9.59 Å². The van der Waals surface area contributed by atoms with Gasteiger partial charge in [0.1, 0.15) is 0 Å². The summed E-state index contributed by atoms with van der Waals surface area (Å²) in [7, 11) is 0. The third-order valence-electron chi connectivity index (χ3n) is 2.84. The first-order valence-corrected chi connectivity index (χ1v) is 7.57. The molecule has 20 heavy (non-hydrogen) atoms. The van der Waals surface area contributed by atoms with Crippen molar-refractivity contribution in [3.63, 3.8) is 0 Å². The lowest BCUT2D eigenvalue weighted by Gasteiger charge is -2.22. The van der Waals surface area contributed by atoms with E-state index >= 15 is 0 Å². The summed E-state index contributed by atoms with van der Waals surface area (Å²) in [6, 6.07) is -1.48. The number of carbonyl (C=O) groups is 3. The molecule has 0 saturated heterocycles. The zero-order valence-electron chi connectivity index (χ0n) is 12.0. The van der Waals surface area contributed by atoms with Crippen LogP contribution in [0.1, 0.15) is 33.6 Å². The van der Waals surface area contributed by atoms with Crippen molar-refractivity contribution in [2.45, 2.75) is 45.7 Å². The smallest absolute Gasteiger partial charge is 0.312 e. The second-order valence-corrected chi connectivity index (χ2v) is 5.56. The van der Waals surface area contributed by atoms with Crippen molar-refractivity contribution in [1.29, 1.82) is 0 Å². The third kappa shape index (κ3) is 7.63. The van der Waals surface area contributed by atoms with Crippen molar-refractivity contribution in [3.8, 4) is 0 Å². The van der Waals surface area contributed by atoms with Crippen LogP contribution in [0.3, 0.4) is 0 Å². The number of primary amides is 1. The van der Waals surface area contributed by atoms with Gasteiger partial charge in [0, 0.05) is 29.4 Å². The Bertz CT molecular complexity index is 350. The van der Waals surface area contributed by atoms with Gasteiger partial charge in [-0.05, 0) is 25.7 Å². The topological polar surface area (TPSA) is 113 Å². The Morgan fingerprint density at radius 1 is 1.25 bits per heavy atom. The van der Waals surface area contributed by atoms with E-state index in [1.165, 1.54) is 6.92 Å². The van der Waals surface area contributed by atoms with Crippen LogP contribution in [-0.2, 0) is 9.59 Å². The molecule has 0 aliphatic carbocycles. The minimum absolute atomic E-state index is 0.103. The Kier molecular flexibility index (Phi) is 9.47. The molecule has 0 bridgehead atoms. The first kappa shape index (κ1) is 19.1. The second kappa shape index (κ2) is 9.92. The molecular formula is C12H23IN4O3. The number of nitrogens with one attached hydrogen (secondary N) is 3. The van der Waals surface area contributed by atoms with E-state index in [1.807, 2.05) is 36.7 Å². The highest BCUT2D eigenvalue weighted by Gasteiger charge is 2.24. The summed E-state index contributed by atoms with van der Waals surface area (Å²) in [6.07, 6.45) is 1.03. The number of carbonyl (C=O) groups excluding carboxylic acids is 3. The van der Waals surface area contributed by atoms with Crippen molar-refractivity contribution in [2.75, 3.05) is 6.54 Å². The minimum atomic E-state index is -0.595. The number of ketones is 1.